The Bertz CT molecular complexity index is 1200. The number of imidazole rings is 1. The quantitative estimate of drug-likeness (QED) is 0.425. The van der Waals surface area contributed by atoms with Crippen LogP contribution in [0.4, 0.5) is 19.1 Å². The molecule has 34 heavy (non-hydrogen) atoms. The Balaban J connectivity index is 1.92. The summed E-state index contributed by atoms with van der Waals surface area (Å²) in [6, 6.07) is 0. The van der Waals surface area contributed by atoms with Crippen LogP contribution in [0.1, 0.15) is 19.7 Å². The number of esters is 1. The van der Waals surface area contributed by atoms with Gasteiger partial charge in [-0.15, -0.1) is 11.0 Å². The number of hydrogen-bond donors (Lipinski definition) is 0. The first-order valence-electron chi connectivity index (χ1n) is 10.4. The molecule has 0 radical (unpaired) electrons. The highest BCUT2D eigenvalue weighted by Gasteiger charge is 2.43. The van der Waals surface area contributed by atoms with E-state index in [0.29, 0.717) is 5.95 Å². The number of hydrogen-bond acceptors (Lipinski definition) is 9. The average molecular weight is 484 g/mol. The van der Waals surface area contributed by atoms with Crippen molar-refractivity contribution in [2.45, 2.75) is 33.0 Å². The lowest BCUT2D eigenvalue weighted by Crippen LogP contribution is -2.49. The summed E-state index contributed by atoms with van der Waals surface area (Å²) in [5, 5.41) is 0.930. The van der Waals surface area contributed by atoms with Gasteiger partial charge in [0.25, 0.3) is 5.56 Å². The van der Waals surface area contributed by atoms with Crippen LogP contribution < -0.4 is 10.5 Å². The van der Waals surface area contributed by atoms with Crippen LogP contribution in [0.25, 0.3) is 11.2 Å². The molecule has 0 amide bonds. The van der Waals surface area contributed by atoms with Gasteiger partial charge in [-0.3, -0.25) is 18.7 Å². The smallest absolute Gasteiger partial charge is 0.466 e. The summed E-state index contributed by atoms with van der Waals surface area (Å²) in [4.78, 5) is 51.1. The maximum atomic E-state index is 13.1. The van der Waals surface area contributed by atoms with Gasteiger partial charge < -0.3 is 14.5 Å². The molecule has 2 aromatic heterocycles. The Hall–Kier alpha value is -3.60. The van der Waals surface area contributed by atoms with Gasteiger partial charge in [0, 0.05) is 20.1 Å². The number of anilines is 1. The maximum absolute atomic E-state index is 13.1. The first-order valence-corrected chi connectivity index (χ1v) is 10.4. The summed E-state index contributed by atoms with van der Waals surface area (Å²) >= 11 is 0. The third kappa shape index (κ3) is 5.30. The van der Waals surface area contributed by atoms with Crippen LogP contribution in [0.3, 0.4) is 0 Å². The molecule has 0 aromatic carbocycles. The van der Waals surface area contributed by atoms with E-state index in [-0.39, 0.29) is 62.7 Å². The van der Waals surface area contributed by atoms with E-state index < -0.39 is 23.7 Å². The molecular weight excluding hydrogens is 461 g/mol. The van der Waals surface area contributed by atoms with Crippen molar-refractivity contribution in [3.05, 3.63) is 16.2 Å². The van der Waals surface area contributed by atoms with E-state index >= 15 is 0 Å². The first kappa shape index (κ1) is 25.0. The Morgan fingerprint density at radius 1 is 1.15 bits per heavy atom. The molecular formula is C20H23F3N6O5. The number of piperazine rings is 1. The minimum Gasteiger partial charge on any atom is -0.466 e. The molecule has 0 N–H and O–H groups in total. The molecule has 0 unspecified atom stereocenters. The van der Waals surface area contributed by atoms with Gasteiger partial charge >= 0.3 is 18.1 Å². The normalized spacial score (nSPS) is 14.6. The van der Waals surface area contributed by atoms with Crippen LogP contribution in [-0.2, 0) is 39.2 Å². The van der Waals surface area contributed by atoms with E-state index in [1.807, 2.05) is 0 Å². The van der Waals surface area contributed by atoms with Gasteiger partial charge in [0.1, 0.15) is 12.2 Å². The molecule has 1 aliphatic rings. The van der Waals surface area contributed by atoms with Crippen LogP contribution in [0, 0.1) is 11.8 Å². The summed E-state index contributed by atoms with van der Waals surface area (Å²) in [6.45, 7) is 3.94. The monoisotopic (exact) mass is 484 g/mol. The average Bonchev–Trinajstić information content (AvgIpc) is 3.14. The minimum atomic E-state index is -5.09. The van der Waals surface area contributed by atoms with E-state index in [0.717, 1.165) is 5.06 Å². The predicted molar refractivity (Wildman–Crippen MR) is 112 cm³/mol. The number of alkyl halides is 3. The molecule has 184 valence electrons. The van der Waals surface area contributed by atoms with Gasteiger partial charge in [0.2, 0.25) is 5.95 Å². The van der Waals surface area contributed by atoms with Crippen molar-refractivity contribution in [3.63, 3.8) is 0 Å². The molecule has 0 bridgehead atoms. The van der Waals surface area contributed by atoms with Gasteiger partial charge in [-0.2, -0.15) is 18.2 Å². The third-order valence-corrected chi connectivity index (χ3v) is 5.05. The zero-order valence-corrected chi connectivity index (χ0v) is 18.8. The first-order chi connectivity index (χ1) is 16.1. The SMILES string of the molecule is CC#CCn1c(N2CCN(OC(=O)C(F)(F)F)CC2)nc2nc(CC(=O)OCC)n(C)c(=O)c21. The van der Waals surface area contributed by atoms with Gasteiger partial charge in [0.05, 0.1) is 26.2 Å². The van der Waals surface area contributed by atoms with Gasteiger partial charge in [0.15, 0.2) is 11.2 Å². The van der Waals surface area contributed by atoms with Crippen molar-refractivity contribution in [1.29, 1.82) is 0 Å². The van der Waals surface area contributed by atoms with E-state index in [4.69, 9.17) is 4.74 Å². The molecule has 0 aliphatic carbocycles. The molecule has 3 rings (SSSR count). The molecule has 0 spiro atoms. The van der Waals surface area contributed by atoms with Crippen molar-refractivity contribution in [2.75, 3.05) is 37.7 Å². The summed E-state index contributed by atoms with van der Waals surface area (Å²) < 4.78 is 45.1. The fraction of sp³-hybridized carbons (Fsp3) is 0.550. The summed E-state index contributed by atoms with van der Waals surface area (Å²) in [5.74, 6) is 3.33. The van der Waals surface area contributed by atoms with Crippen LogP contribution >= 0.6 is 0 Å². The van der Waals surface area contributed by atoms with Crippen LogP contribution in [0.5, 0.6) is 0 Å². The van der Waals surface area contributed by atoms with Crippen LogP contribution in [-0.4, -0.2) is 75.1 Å². The summed E-state index contributed by atoms with van der Waals surface area (Å²) in [5.41, 5.74) is -0.140. The molecule has 2 aromatic rings. The summed E-state index contributed by atoms with van der Waals surface area (Å²) in [7, 11) is 1.49. The molecule has 3 heterocycles. The lowest BCUT2D eigenvalue weighted by molar-refractivity contribution is -0.239. The van der Waals surface area contributed by atoms with E-state index in [9.17, 15) is 27.6 Å². The second-order valence-corrected chi connectivity index (χ2v) is 7.26. The fourth-order valence-corrected chi connectivity index (χ4v) is 3.39. The second-order valence-electron chi connectivity index (χ2n) is 7.26. The predicted octanol–water partition coefficient (Wildman–Crippen LogP) is 0.401. The van der Waals surface area contributed by atoms with Crippen molar-refractivity contribution in [3.8, 4) is 11.8 Å². The minimum absolute atomic E-state index is 0.00989. The second kappa shape index (κ2) is 10.1. The summed E-state index contributed by atoms with van der Waals surface area (Å²) in [6.07, 6.45) is -5.30. The van der Waals surface area contributed by atoms with Crippen molar-refractivity contribution in [1.82, 2.24) is 24.2 Å². The molecule has 0 atom stereocenters. The Labute approximate surface area is 192 Å². The van der Waals surface area contributed by atoms with Gasteiger partial charge in [-0.05, 0) is 13.8 Å². The standard InChI is InChI=1S/C20H23F3N6O5/c1-4-6-7-29-15-16(24-13(26(3)17(15)31)12-14(30)33-5-2)25-19(29)27-8-10-28(11-9-27)34-18(32)20(21,22)23/h5,7-12H2,1-3H3. The molecule has 1 aliphatic heterocycles. The fourth-order valence-electron chi connectivity index (χ4n) is 3.39. The van der Waals surface area contributed by atoms with E-state index in [1.165, 1.54) is 11.6 Å². The highest BCUT2D eigenvalue weighted by atomic mass is 19.4. The van der Waals surface area contributed by atoms with Crippen LogP contribution in [0.15, 0.2) is 4.79 Å². The number of carbonyl (C=O) groups excluding carboxylic acids is 2. The lowest BCUT2D eigenvalue weighted by Gasteiger charge is -2.33. The number of aromatic nitrogens is 4. The highest BCUT2D eigenvalue weighted by molar-refractivity contribution is 5.77. The number of ether oxygens (including phenoxy) is 1. The number of hydroxylamine groups is 2. The number of carbonyl (C=O) groups is 2. The maximum Gasteiger partial charge on any atom is 0.492 e. The van der Waals surface area contributed by atoms with Gasteiger partial charge in [-0.25, -0.2) is 9.78 Å². The largest absolute Gasteiger partial charge is 0.492 e. The lowest BCUT2D eigenvalue weighted by atomic mass is 10.3. The topological polar surface area (TPSA) is 112 Å². The molecule has 0 saturated carbocycles. The van der Waals surface area contributed by atoms with Crippen LogP contribution in [0.2, 0.25) is 0 Å². The number of nitrogens with zero attached hydrogens (tertiary/aromatic N) is 6. The Morgan fingerprint density at radius 2 is 1.82 bits per heavy atom. The zero-order chi connectivity index (χ0) is 25.0. The molecule has 14 heteroatoms. The number of fused-ring (bicyclic) bond motifs is 1. The van der Waals surface area contributed by atoms with Gasteiger partial charge in [-0.1, -0.05) is 5.92 Å². The molecule has 1 fully saturated rings. The number of halogens is 3. The Kier molecular flexibility index (Phi) is 7.45. The van der Waals surface area contributed by atoms with E-state index in [1.54, 1.807) is 23.3 Å². The van der Waals surface area contributed by atoms with Crippen molar-refractivity contribution >= 4 is 29.1 Å². The zero-order valence-electron chi connectivity index (χ0n) is 18.8. The molecule has 11 nitrogen and oxygen atoms in total. The highest BCUT2D eigenvalue weighted by Crippen LogP contribution is 2.22. The number of rotatable bonds is 6. The van der Waals surface area contributed by atoms with Crippen molar-refractivity contribution in [2.24, 2.45) is 7.05 Å². The van der Waals surface area contributed by atoms with E-state index in [2.05, 4.69) is 26.6 Å². The third-order valence-electron chi connectivity index (χ3n) is 5.05. The van der Waals surface area contributed by atoms with Crippen molar-refractivity contribution < 1.29 is 32.3 Å². The molecule has 1 saturated heterocycles. The Morgan fingerprint density at radius 3 is 2.41 bits per heavy atom.